The molecule has 37 atom stereocenters. The van der Waals surface area contributed by atoms with E-state index in [1.807, 2.05) is 18.2 Å². The maximum absolute atomic E-state index is 14.2. The van der Waals surface area contributed by atoms with Gasteiger partial charge < -0.3 is 189 Å². The lowest BCUT2D eigenvalue weighted by Crippen LogP contribution is -2.68. The Bertz CT molecular complexity index is 3460. The molecule has 0 aromatic carbocycles. The molecule has 22 N–H and O–H groups in total. The van der Waals surface area contributed by atoms with Crippen LogP contribution in [0.1, 0.15) is 26.2 Å². The Balaban J connectivity index is 0.912. The number of ether oxygens (including phenoxy) is 16. The fourth-order valence-electron chi connectivity index (χ4n) is 14.3. The summed E-state index contributed by atoms with van der Waals surface area (Å²) >= 11 is 1.96. The zero-order valence-electron chi connectivity index (χ0n) is 66.6. The summed E-state index contributed by atoms with van der Waals surface area (Å²) in [5.41, 5.74) is 0. The number of amides is 2. The topological polar surface area (TPSA) is 662 Å². The molecule has 0 spiro atoms. The molecule has 2 aromatic heterocycles. The number of ketones is 2. The van der Waals surface area contributed by atoms with Crippen LogP contribution >= 0.6 is 66.7 Å². The normalized spacial score (nSPS) is 39.4. The quantitative estimate of drug-likeness (QED) is 0.0221. The number of carbonyl (C=O) groups excluding carboxylic acids is 4. The molecule has 14 bridgehead atoms. The maximum Gasteiger partial charge on any atom is 0.238 e. The number of thioether (sulfide) groups is 2. The first-order valence-corrected chi connectivity index (χ1v) is 46.8. The van der Waals surface area contributed by atoms with Gasteiger partial charge in [0.1, 0.15) is 180 Å². The number of hydrogen-bond acceptors (Lipinski definition) is 48. The largest absolute Gasteiger partial charge is 0.394 e. The molecule has 44 nitrogen and oxygen atoms in total. The fraction of sp³-hybridized carbons (Fsp3) is 0.808. The van der Waals surface area contributed by atoms with E-state index in [1.165, 1.54) is 57.1 Å². The predicted molar refractivity (Wildman–Crippen MR) is 428 cm³/mol. The average Bonchev–Trinajstić information content (AvgIpc) is 0.886. The van der Waals surface area contributed by atoms with Crippen molar-refractivity contribution in [1.29, 1.82) is 0 Å². The minimum atomic E-state index is -2.30. The van der Waals surface area contributed by atoms with Crippen molar-refractivity contribution in [3.05, 3.63) is 48.8 Å². The van der Waals surface area contributed by atoms with Gasteiger partial charge in [-0.05, 0) is 59.8 Å². The van der Waals surface area contributed by atoms with Crippen LogP contribution in [0.5, 0.6) is 0 Å². The molecule has 50 heteroatoms. The first-order chi connectivity index (χ1) is 59.1. The molecule has 23 rings (SSSR count). The zero-order valence-corrected chi connectivity index (χ0v) is 71.5. The molecule has 21 aliphatic heterocycles. The van der Waals surface area contributed by atoms with Crippen LogP contribution in [0, 0.1) is 5.92 Å². The van der Waals surface area contributed by atoms with E-state index in [0.717, 1.165) is 28.5 Å². The van der Waals surface area contributed by atoms with Gasteiger partial charge in [0.25, 0.3) is 0 Å². The van der Waals surface area contributed by atoms with Crippen LogP contribution in [-0.2, 0) is 95.0 Å². The lowest BCUT2D eigenvalue weighted by atomic mass is 9.95. The molecular formula is C73H113N5O39S6. The standard InChI is InChI=1S/C73H113N5O39S6/c1-31(84)9-15-102-17-18-103-16-10-33(85)21-32(65(100)77-13-19-120-122-42-7-3-5-11-75-42)27-118-29-40-63-49(91)56(98)72(109-40)114-61-38(25-82)105-69(52(94)45(61)87)113-60-37(24-81)108-71(55(97)48(60)90)117-64-41(30-119-28-34(74-2)66(101)78-14-20-121-123-43-8-4-6-12-76-43)110-73(57(99)50(64)92)115-62-39(26-83)106-68(53(95)46(62)88)111-58-35(22-79)104-67(51(93)44(58)86)112-59-36(23-80)107-70(116-63)54(96)47(59)89/h3-8,11-12,32,34-41,44-64,67-74,79-83,86-99H,9-10,13-30H2,1-2H3,(H,77,100)(H,78,101)/t32?,34-,35?,36?,37?,38?,39?,40?,41?,44-,45-,46-,47-,48-,49-,50-,51?,52?,53?,54?,55?,56?,57?,58-,59-,60-,61-,62-,63-,64-,67-,68-,69-,70-,71+,72-,73+/m1/s1. The highest BCUT2D eigenvalue weighted by Gasteiger charge is 2.60. The van der Waals surface area contributed by atoms with Crippen molar-refractivity contribution in [2.24, 2.45) is 5.92 Å². The molecule has 0 radical (unpaired) electrons. The summed E-state index contributed by atoms with van der Waals surface area (Å²) in [6.07, 6.45) is -69.3. The van der Waals surface area contributed by atoms with E-state index in [-0.39, 0.29) is 81.8 Å². The summed E-state index contributed by atoms with van der Waals surface area (Å²) in [7, 11) is 7.12. The smallest absolute Gasteiger partial charge is 0.238 e. The van der Waals surface area contributed by atoms with E-state index in [0.29, 0.717) is 16.5 Å². The highest BCUT2D eigenvalue weighted by Crippen LogP contribution is 2.41. The van der Waals surface area contributed by atoms with E-state index in [4.69, 9.17) is 75.8 Å². The highest BCUT2D eigenvalue weighted by atomic mass is 33.1. The summed E-state index contributed by atoms with van der Waals surface area (Å²) in [5.74, 6) is -2.59. The highest BCUT2D eigenvalue weighted by molar-refractivity contribution is 8.77. The lowest BCUT2D eigenvalue weighted by molar-refractivity contribution is -0.395. The van der Waals surface area contributed by atoms with Crippen LogP contribution in [0.25, 0.3) is 0 Å². The van der Waals surface area contributed by atoms with Gasteiger partial charge >= 0.3 is 0 Å². The predicted octanol–water partition coefficient (Wildman–Crippen LogP) is -9.28. The van der Waals surface area contributed by atoms with Gasteiger partial charge in [0.05, 0.1) is 83.6 Å². The van der Waals surface area contributed by atoms with Crippen molar-refractivity contribution < 1.29 is 192 Å². The molecule has 2 aromatic rings. The molecule has 23 heterocycles. The summed E-state index contributed by atoms with van der Waals surface area (Å²) < 4.78 is 95.5. The van der Waals surface area contributed by atoms with Gasteiger partial charge in [0.15, 0.2) is 44.0 Å². The molecule has 0 saturated carbocycles. The molecule has 15 unspecified atom stereocenters. The van der Waals surface area contributed by atoms with E-state index in [2.05, 4.69) is 25.9 Å². The maximum atomic E-state index is 14.2. The van der Waals surface area contributed by atoms with Crippen molar-refractivity contribution in [2.75, 3.05) is 114 Å². The Morgan fingerprint density at radius 1 is 0.390 bits per heavy atom. The van der Waals surface area contributed by atoms with E-state index in [9.17, 15) is 116 Å². The molecule has 21 aliphatic rings. The monoisotopic (exact) mass is 1880 g/mol. The number of aliphatic hydroxyl groups excluding tert-OH is 19. The third-order valence-electron chi connectivity index (χ3n) is 21.1. The van der Waals surface area contributed by atoms with Gasteiger partial charge in [0.2, 0.25) is 11.8 Å². The number of nitrogens with zero attached hydrogens (tertiary/aromatic N) is 2. The average molecular weight is 1880 g/mol. The summed E-state index contributed by atoms with van der Waals surface area (Å²) in [5, 5.41) is 231. The Labute approximate surface area is 730 Å². The van der Waals surface area contributed by atoms with Crippen LogP contribution in [0.2, 0.25) is 0 Å². The molecule has 2 amide bonds. The third kappa shape index (κ3) is 27.5. The SMILES string of the molecule is CN[C@H](CSCC1O[C@H]2O[C@@H]3C(CO)O[C@H](O[C@@H]4C(CO)O[C@H](O[C@@H]5C(CO)O[C@H](O[C@@H]6C(CSCC(CC(=O)CCOCCOCCC(C)=O)C(=O)NCCSSc7ccccn7)O[C@H](O[C@@H]7C(CO)O[C@H](O[C@@H]8C(CO)O[C@@H](O[C@H]1[C@H](O)C2O)C(O)[C@H]8O)C(O)[C@H]7O)C(O)[C@H]6O)C(O)[C@H]5O)C(O)[C@H]4O)C(O)[C@H]3O)C(=O)NCCSSc1ccccn1. The van der Waals surface area contributed by atoms with Crippen molar-refractivity contribution in [2.45, 2.75) is 257 Å². The van der Waals surface area contributed by atoms with Crippen molar-refractivity contribution in [3.8, 4) is 0 Å². The fourth-order valence-corrected chi connectivity index (χ4v) is 20.3. The van der Waals surface area contributed by atoms with Gasteiger partial charge in [-0.1, -0.05) is 33.7 Å². The number of carbonyl (C=O) groups is 4. The minimum absolute atomic E-state index is 0.0233. The van der Waals surface area contributed by atoms with Crippen LogP contribution < -0.4 is 16.0 Å². The van der Waals surface area contributed by atoms with Gasteiger partial charge in [-0.3, -0.25) is 19.2 Å². The molecular weight excluding hydrogens is 1760 g/mol. The minimum Gasteiger partial charge on any atom is -0.394 e. The Kier molecular flexibility index (Phi) is 42.2. The van der Waals surface area contributed by atoms with E-state index in [1.54, 1.807) is 30.6 Å². The first kappa shape index (κ1) is 102. The van der Waals surface area contributed by atoms with E-state index < -0.39 is 283 Å². The second kappa shape index (κ2) is 50.8. The molecule has 700 valence electrons. The van der Waals surface area contributed by atoms with Crippen molar-refractivity contribution in [3.63, 3.8) is 0 Å². The number of rotatable bonds is 37. The van der Waals surface area contributed by atoms with Crippen LogP contribution in [-0.4, -0.2) is 465 Å². The summed E-state index contributed by atoms with van der Waals surface area (Å²) in [6, 6.07) is 9.91. The summed E-state index contributed by atoms with van der Waals surface area (Å²) in [6.45, 7) is -3.37. The number of Topliss-reactive ketones (excluding diaryl/α,β-unsaturated/α-hetero) is 2. The van der Waals surface area contributed by atoms with Gasteiger partial charge in [-0.25, -0.2) is 9.97 Å². The van der Waals surface area contributed by atoms with Crippen molar-refractivity contribution in [1.82, 2.24) is 25.9 Å². The van der Waals surface area contributed by atoms with E-state index >= 15 is 0 Å². The number of hydrogen-bond donors (Lipinski definition) is 22. The second-order valence-corrected chi connectivity index (χ2v) is 36.8. The number of aliphatic hydroxyl groups is 19. The number of aromatic nitrogens is 2. The van der Waals surface area contributed by atoms with Crippen molar-refractivity contribution >= 4 is 90.1 Å². The molecule has 21 fully saturated rings. The molecule has 21 saturated heterocycles. The number of pyridine rings is 2. The Morgan fingerprint density at radius 3 is 0.992 bits per heavy atom. The van der Waals surface area contributed by atoms with Gasteiger partial charge in [-0.2, -0.15) is 23.5 Å². The zero-order chi connectivity index (χ0) is 88.7. The molecule has 0 aliphatic carbocycles. The number of likely N-dealkylation sites (N-methyl/N-ethyl adjacent to an activating group) is 1. The van der Waals surface area contributed by atoms with Crippen LogP contribution in [0.15, 0.2) is 58.8 Å². The van der Waals surface area contributed by atoms with Gasteiger partial charge in [-0.15, -0.1) is 0 Å². The second-order valence-electron chi connectivity index (χ2n) is 29.8. The van der Waals surface area contributed by atoms with Crippen LogP contribution in [0.3, 0.4) is 0 Å². The molecule has 123 heavy (non-hydrogen) atoms. The Hall–Kier alpha value is -2.76. The third-order valence-corrected chi connectivity index (χ3v) is 28.0. The Morgan fingerprint density at radius 2 is 0.691 bits per heavy atom. The summed E-state index contributed by atoms with van der Waals surface area (Å²) in [4.78, 5) is 61.3. The number of nitrogens with one attached hydrogen (secondary N) is 3. The van der Waals surface area contributed by atoms with Gasteiger partial charge in [0, 0.05) is 79.3 Å². The first-order valence-electron chi connectivity index (χ1n) is 39.8. The van der Waals surface area contributed by atoms with Crippen LogP contribution in [0.4, 0.5) is 0 Å². The lowest BCUT2D eigenvalue weighted by Gasteiger charge is -2.50.